The van der Waals surface area contributed by atoms with Crippen LogP contribution in [0.3, 0.4) is 0 Å². The van der Waals surface area contributed by atoms with E-state index < -0.39 is 6.43 Å². The molecule has 1 aromatic rings. The van der Waals surface area contributed by atoms with Crippen LogP contribution in [0, 0.1) is 6.92 Å². The molecular weight excluding hydrogens is 198 g/mol. The molecule has 0 aliphatic heterocycles. The molecule has 1 rings (SSSR count). The van der Waals surface area contributed by atoms with Gasteiger partial charge in [0.1, 0.15) is 5.69 Å². The zero-order chi connectivity index (χ0) is 10.0. The minimum Gasteiger partial charge on any atom is -0.326 e. The van der Waals surface area contributed by atoms with Crippen molar-refractivity contribution in [3.8, 4) is 0 Å². The van der Waals surface area contributed by atoms with Crippen LogP contribution in [0.5, 0.6) is 0 Å². The van der Waals surface area contributed by atoms with Gasteiger partial charge in [-0.2, -0.15) is 0 Å². The highest BCUT2D eigenvalue weighted by molar-refractivity contribution is 6.31. The Labute approximate surface area is 79.7 Å². The van der Waals surface area contributed by atoms with Crippen molar-refractivity contribution in [1.82, 2.24) is 4.98 Å². The summed E-state index contributed by atoms with van der Waals surface area (Å²) in [6.07, 6.45) is -1.38. The van der Waals surface area contributed by atoms with Crippen LogP contribution in [0.25, 0.3) is 0 Å². The molecule has 0 bridgehead atoms. The van der Waals surface area contributed by atoms with E-state index in [9.17, 15) is 8.78 Å². The minimum absolute atomic E-state index is 0.0269. The summed E-state index contributed by atoms with van der Waals surface area (Å²) in [5.74, 6) is 0. The average Bonchev–Trinajstić information content (AvgIpc) is 2.09. The second-order valence-corrected chi connectivity index (χ2v) is 3.01. The SMILES string of the molecule is Cc1c(Cl)cnc(C(F)F)c1CN. The first-order valence-electron chi connectivity index (χ1n) is 3.70. The van der Waals surface area contributed by atoms with Gasteiger partial charge >= 0.3 is 0 Å². The summed E-state index contributed by atoms with van der Waals surface area (Å²) >= 11 is 5.71. The standard InChI is InChI=1S/C8H9ClF2N2/c1-4-5(2-12)7(8(10)11)13-3-6(4)9/h3,8H,2,12H2,1H3. The van der Waals surface area contributed by atoms with Crippen molar-refractivity contribution in [2.45, 2.75) is 19.9 Å². The van der Waals surface area contributed by atoms with Gasteiger partial charge in [0.25, 0.3) is 6.43 Å². The lowest BCUT2D eigenvalue weighted by Crippen LogP contribution is -2.07. The summed E-state index contributed by atoms with van der Waals surface area (Å²) < 4.78 is 24.7. The van der Waals surface area contributed by atoms with E-state index in [1.54, 1.807) is 6.92 Å². The maximum absolute atomic E-state index is 12.4. The normalized spacial score (nSPS) is 10.9. The van der Waals surface area contributed by atoms with Crippen molar-refractivity contribution in [2.75, 3.05) is 0 Å². The highest BCUT2D eigenvalue weighted by Crippen LogP contribution is 2.26. The summed E-state index contributed by atoms with van der Waals surface area (Å²) in [5.41, 5.74) is 5.97. The van der Waals surface area contributed by atoms with Gasteiger partial charge in [-0.05, 0) is 18.1 Å². The molecule has 0 saturated heterocycles. The smallest absolute Gasteiger partial charge is 0.280 e. The molecule has 0 saturated carbocycles. The van der Waals surface area contributed by atoms with E-state index in [4.69, 9.17) is 17.3 Å². The first-order valence-corrected chi connectivity index (χ1v) is 4.07. The molecule has 0 aliphatic rings. The predicted molar refractivity (Wildman–Crippen MR) is 46.8 cm³/mol. The highest BCUT2D eigenvalue weighted by Gasteiger charge is 2.16. The highest BCUT2D eigenvalue weighted by atomic mass is 35.5. The minimum atomic E-state index is -2.60. The molecule has 0 atom stereocenters. The van der Waals surface area contributed by atoms with Crippen molar-refractivity contribution in [2.24, 2.45) is 5.73 Å². The summed E-state index contributed by atoms with van der Waals surface area (Å²) in [4.78, 5) is 3.55. The monoisotopic (exact) mass is 206 g/mol. The summed E-state index contributed by atoms with van der Waals surface area (Å²) in [6, 6.07) is 0. The van der Waals surface area contributed by atoms with E-state index in [-0.39, 0.29) is 12.2 Å². The van der Waals surface area contributed by atoms with Gasteiger partial charge in [-0.3, -0.25) is 4.98 Å². The van der Waals surface area contributed by atoms with Crippen LogP contribution in [-0.4, -0.2) is 4.98 Å². The Bertz CT molecular complexity index is 315. The number of rotatable bonds is 2. The molecule has 0 unspecified atom stereocenters. The fourth-order valence-corrected chi connectivity index (χ4v) is 1.25. The van der Waals surface area contributed by atoms with Crippen molar-refractivity contribution in [3.63, 3.8) is 0 Å². The predicted octanol–water partition coefficient (Wildman–Crippen LogP) is 2.44. The van der Waals surface area contributed by atoms with Gasteiger partial charge in [-0.1, -0.05) is 11.6 Å². The second-order valence-electron chi connectivity index (χ2n) is 2.60. The molecule has 2 nitrogen and oxygen atoms in total. The lowest BCUT2D eigenvalue weighted by molar-refractivity contribution is 0.144. The summed E-state index contributed by atoms with van der Waals surface area (Å²) in [7, 11) is 0. The van der Waals surface area contributed by atoms with Crippen LogP contribution in [-0.2, 0) is 6.54 Å². The van der Waals surface area contributed by atoms with Gasteiger partial charge in [0.2, 0.25) is 0 Å². The van der Waals surface area contributed by atoms with E-state index >= 15 is 0 Å². The Balaban J connectivity index is 3.30. The van der Waals surface area contributed by atoms with Gasteiger partial charge < -0.3 is 5.73 Å². The second kappa shape index (κ2) is 3.98. The van der Waals surface area contributed by atoms with Crippen LogP contribution in [0.4, 0.5) is 8.78 Å². The van der Waals surface area contributed by atoms with Crippen LogP contribution in [0.15, 0.2) is 6.20 Å². The van der Waals surface area contributed by atoms with Crippen molar-refractivity contribution >= 4 is 11.6 Å². The van der Waals surface area contributed by atoms with Gasteiger partial charge in [0.15, 0.2) is 0 Å². The lowest BCUT2D eigenvalue weighted by Gasteiger charge is -2.09. The van der Waals surface area contributed by atoms with E-state index in [1.165, 1.54) is 6.20 Å². The molecule has 72 valence electrons. The number of nitrogens with zero attached hydrogens (tertiary/aromatic N) is 1. The van der Waals surface area contributed by atoms with E-state index in [0.29, 0.717) is 16.1 Å². The van der Waals surface area contributed by atoms with Crippen LogP contribution in [0.1, 0.15) is 23.2 Å². The van der Waals surface area contributed by atoms with Crippen LogP contribution >= 0.6 is 11.6 Å². The molecule has 0 amide bonds. The molecule has 1 aromatic heterocycles. The third-order valence-corrected chi connectivity index (χ3v) is 2.23. The zero-order valence-electron chi connectivity index (χ0n) is 7.02. The number of hydrogen-bond donors (Lipinski definition) is 1. The topological polar surface area (TPSA) is 38.9 Å². The first-order chi connectivity index (χ1) is 6.07. The van der Waals surface area contributed by atoms with Gasteiger partial charge in [-0.15, -0.1) is 0 Å². The first kappa shape index (κ1) is 10.3. The molecular formula is C8H9ClF2N2. The maximum Gasteiger partial charge on any atom is 0.280 e. The zero-order valence-corrected chi connectivity index (χ0v) is 7.78. The van der Waals surface area contributed by atoms with Crippen molar-refractivity contribution in [1.29, 1.82) is 0 Å². The average molecular weight is 207 g/mol. The van der Waals surface area contributed by atoms with Crippen LogP contribution < -0.4 is 5.73 Å². The third-order valence-electron chi connectivity index (χ3n) is 1.85. The number of hydrogen-bond acceptors (Lipinski definition) is 2. The Morgan fingerprint density at radius 1 is 1.62 bits per heavy atom. The van der Waals surface area contributed by atoms with Gasteiger partial charge in [-0.25, -0.2) is 8.78 Å². The lowest BCUT2D eigenvalue weighted by atomic mass is 10.1. The summed E-state index contributed by atoms with van der Waals surface area (Å²) in [6.45, 7) is 1.68. The Kier molecular flexibility index (Phi) is 3.17. The Morgan fingerprint density at radius 2 is 2.23 bits per heavy atom. The largest absolute Gasteiger partial charge is 0.326 e. The fraction of sp³-hybridized carbons (Fsp3) is 0.375. The van der Waals surface area contributed by atoms with Gasteiger partial charge in [0, 0.05) is 12.7 Å². The van der Waals surface area contributed by atoms with Gasteiger partial charge in [0.05, 0.1) is 5.02 Å². The molecule has 0 aromatic carbocycles. The number of aromatic nitrogens is 1. The quantitative estimate of drug-likeness (QED) is 0.807. The molecule has 0 aliphatic carbocycles. The van der Waals surface area contributed by atoms with Crippen molar-refractivity contribution < 1.29 is 8.78 Å². The fourth-order valence-electron chi connectivity index (χ4n) is 1.08. The molecule has 1 heterocycles. The molecule has 2 N–H and O–H groups in total. The number of halogens is 3. The number of alkyl halides is 2. The summed E-state index contributed by atoms with van der Waals surface area (Å²) in [5, 5.41) is 0.366. The molecule has 5 heteroatoms. The van der Waals surface area contributed by atoms with E-state index in [1.807, 2.05) is 0 Å². The third kappa shape index (κ3) is 1.95. The van der Waals surface area contributed by atoms with Crippen molar-refractivity contribution in [3.05, 3.63) is 28.0 Å². The molecule has 0 spiro atoms. The van der Waals surface area contributed by atoms with E-state index in [0.717, 1.165) is 0 Å². The Hall–Kier alpha value is -0.740. The Morgan fingerprint density at radius 3 is 2.69 bits per heavy atom. The van der Waals surface area contributed by atoms with Crippen LogP contribution in [0.2, 0.25) is 5.02 Å². The number of nitrogens with two attached hydrogens (primary N) is 1. The number of pyridine rings is 1. The van der Waals surface area contributed by atoms with E-state index in [2.05, 4.69) is 4.98 Å². The molecule has 0 fully saturated rings. The molecule has 13 heavy (non-hydrogen) atoms. The maximum atomic E-state index is 12.4. The molecule has 0 radical (unpaired) electrons.